The van der Waals surface area contributed by atoms with E-state index in [4.69, 9.17) is 0 Å². The molecule has 0 aliphatic carbocycles. The second-order valence-electron chi connectivity index (χ2n) is 7.54. The van der Waals surface area contributed by atoms with Crippen LogP contribution in [0.4, 0.5) is 0 Å². The van der Waals surface area contributed by atoms with Crippen LogP contribution in [-0.2, 0) is 15.4 Å². The fourth-order valence-corrected chi connectivity index (χ4v) is 5.02. The number of nitrogens with one attached hydrogen (secondary N) is 1. The molecule has 0 amide bonds. The average Bonchev–Trinajstić information content (AvgIpc) is 2.94. The van der Waals surface area contributed by atoms with Crippen molar-refractivity contribution in [3.63, 3.8) is 0 Å². The summed E-state index contributed by atoms with van der Waals surface area (Å²) in [4.78, 5) is 0.421. The molecular weight excluding hydrogens is 332 g/mol. The molecule has 2 fully saturated rings. The molecule has 6 heteroatoms. The van der Waals surface area contributed by atoms with Crippen molar-refractivity contribution in [3.8, 4) is 0 Å². The molecule has 2 aliphatic heterocycles. The summed E-state index contributed by atoms with van der Waals surface area (Å²) in [7, 11) is -3.36. The Morgan fingerprint density at radius 2 is 1.78 bits per heavy atom. The SMILES string of the molecule is CC(C)(C)c1ccc(S(=O)(=O)N2CCC3NCCC3C2)cc1.Cl. The minimum atomic E-state index is -3.36. The predicted octanol–water partition coefficient (Wildman–Crippen LogP) is 2.78. The summed E-state index contributed by atoms with van der Waals surface area (Å²) < 4.78 is 27.4. The van der Waals surface area contributed by atoms with E-state index in [0.717, 1.165) is 24.9 Å². The van der Waals surface area contributed by atoms with E-state index >= 15 is 0 Å². The Bertz CT molecular complexity index is 638. The summed E-state index contributed by atoms with van der Waals surface area (Å²) >= 11 is 0. The number of sulfonamides is 1. The molecule has 2 atom stereocenters. The van der Waals surface area contributed by atoms with Crippen LogP contribution in [0.15, 0.2) is 29.2 Å². The monoisotopic (exact) mass is 358 g/mol. The van der Waals surface area contributed by atoms with E-state index in [9.17, 15) is 8.42 Å². The van der Waals surface area contributed by atoms with Crippen LogP contribution in [0.2, 0.25) is 0 Å². The van der Waals surface area contributed by atoms with Gasteiger partial charge in [0.15, 0.2) is 0 Å². The molecule has 1 N–H and O–H groups in total. The van der Waals surface area contributed by atoms with Crippen molar-refractivity contribution < 1.29 is 8.42 Å². The molecule has 1 aromatic carbocycles. The number of nitrogens with zero attached hydrogens (tertiary/aromatic N) is 1. The van der Waals surface area contributed by atoms with Gasteiger partial charge in [-0.3, -0.25) is 0 Å². The molecule has 2 saturated heterocycles. The predicted molar refractivity (Wildman–Crippen MR) is 95.7 cm³/mol. The Morgan fingerprint density at radius 1 is 1.13 bits per heavy atom. The molecule has 0 bridgehead atoms. The molecule has 2 unspecified atom stereocenters. The molecule has 23 heavy (non-hydrogen) atoms. The number of piperidine rings is 1. The van der Waals surface area contributed by atoms with Crippen LogP contribution in [-0.4, -0.2) is 38.4 Å². The van der Waals surface area contributed by atoms with Gasteiger partial charge in [-0.15, -0.1) is 12.4 Å². The van der Waals surface area contributed by atoms with Crippen LogP contribution in [0.3, 0.4) is 0 Å². The zero-order chi connectivity index (χ0) is 16.0. The summed E-state index contributed by atoms with van der Waals surface area (Å²) in [6.45, 7) is 8.69. The third kappa shape index (κ3) is 3.73. The van der Waals surface area contributed by atoms with Gasteiger partial charge in [0.25, 0.3) is 0 Å². The van der Waals surface area contributed by atoms with E-state index in [0.29, 0.717) is 29.9 Å². The molecular formula is C17H27ClN2O2S. The second-order valence-corrected chi connectivity index (χ2v) is 9.47. The maximum absolute atomic E-state index is 12.8. The highest BCUT2D eigenvalue weighted by Crippen LogP contribution is 2.29. The third-order valence-corrected chi connectivity index (χ3v) is 6.86. The fraction of sp³-hybridized carbons (Fsp3) is 0.647. The van der Waals surface area contributed by atoms with Crippen molar-refractivity contribution >= 4 is 22.4 Å². The Balaban J connectivity index is 0.00000192. The zero-order valence-corrected chi connectivity index (χ0v) is 15.7. The summed E-state index contributed by atoms with van der Waals surface area (Å²) in [6, 6.07) is 7.91. The molecule has 3 rings (SSSR count). The van der Waals surface area contributed by atoms with E-state index in [-0.39, 0.29) is 17.8 Å². The number of benzene rings is 1. The van der Waals surface area contributed by atoms with Crippen LogP contribution < -0.4 is 5.32 Å². The number of hydrogen-bond donors (Lipinski definition) is 1. The first-order chi connectivity index (χ1) is 10.3. The van der Waals surface area contributed by atoms with E-state index in [1.807, 2.05) is 12.1 Å². The Labute approximate surface area is 146 Å². The van der Waals surface area contributed by atoms with Crippen molar-refractivity contribution in [2.75, 3.05) is 19.6 Å². The fourth-order valence-electron chi connectivity index (χ4n) is 3.51. The summed E-state index contributed by atoms with van der Waals surface area (Å²) in [5.41, 5.74) is 1.20. The number of halogens is 1. The molecule has 0 spiro atoms. The molecule has 2 aliphatic rings. The smallest absolute Gasteiger partial charge is 0.243 e. The van der Waals surface area contributed by atoms with Gasteiger partial charge in [0.1, 0.15) is 0 Å². The van der Waals surface area contributed by atoms with Gasteiger partial charge >= 0.3 is 0 Å². The molecule has 4 nitrogen and oxygen atoms in total. The van der Waals surface area contributed by atoms with Gasteiger partial charge in [-0.05, 0) is 48.4 Å². The average molecular weight is 359 g/mol. The van der Waals surface area contributed by atoms with Crippen molar-refractivity contribution in [1.82, 2.24) is 9.62 Å². The minimum absolute atomic E-state index is 0. The summed E-state index contributed by atoms with van der Waals surface area (Å²) in [5, 5.41) is 3.47. The van der Waals surface area contributed by atoms with Crippen LogP contribution >= 0.6 is 12.4 Å². The van der Waals surface area contributed by atoms with Gasteiger partial charge in [-0.25, -0.2) is 8.42 Å². The van der Waals surface area contributed by atoms with Crippen molar-refractivity contribution in [2.45, 2.75) is 50.0 Å². The minimum Gasteiger partial charge on any atom is -0.314 e. The molecule has 1 aromatic rings. The van der Waals surface area contributed by atoms with Gasteiger partial charge in [-0.1, -0.05) is 32.9 Å². The topological polar surface area (TPSA) is 49.4 Å². The van der Waals surface area contributed by atoms with Crippen LogP contribution in [0.1, 0.15) is 39.2 Å². The second kappa shape index (κ2) is 6.71. The van der Waals surface area contributed by atoms with Crippen molar-refractivity contribution in [2.24, 2.45) is 5.92 Å². The van der Waals surface area contributed by atoms with Gasteiger partial charge in [0.05, 0.1) is 4.90 Å². The van der Waals surface area contributed by atoms with Crippen LogP contribution in [0.25, 0.3) is 0 Å². The quantitative estimate of drug-likeness (QED) is 0.884. The van der Waals surface area contributed by atoms with E-state index < -0.39 is 10.0 Å². The van der Waals surface area contributed by atoms with Crippen LogP contribution in [0, 0.1) is 5.92 Å². The highest BCUT2D eigenvalue weighted by atomic mass is 35.5. The van der Waals surface area contributed by atoms with E-state index in [2.05, 4.69) is 26.1 Å². The first-order valence-corrected chi connectivity index (χ1v) is 9.56. The molecule has 0 saturated carbocycles. The first-order valence-electron chi connectivity index (χ1n) is 8.12. The lowest BCUT2D eigenvalue weighted by molar-refractivity contribution is 0.247. The summed E-state index contributed by atoms with van der Waals surface area (Å²) in [6.07, 6.45) is 2.00. The highest BCUT2D eigenvalue weighted by molar-refractivity contribution is 7.89. The van der Waals surface area contributed by atoms with Crippen LogP contribution in [0.5, 0.6) is 0 Å². The highest BCUT2D eigenvalue weighted by Gasteiger charge is 2.37. The standard InChI is InChI=1S/C17H26N2O2S.ClH/c1-17(2,3)14-4-6-15(7-5-14)22(20,21)19-11-9-16-13(12-19)8-10-18-16;/h4-7,13,16,18H,8-12H2,1-3H3;1H. The van der Waals surface area contributed by atoms with E-state index in [1.54, 1.807) is 16.4 Å². The van der Waals surface area contributed by atoms with Crippen molar-refractivity contribution in [3.05, 3.63) is 29.8 Å². The van der Waals surface area contributed by atoms with Crippen molar-refractivity contribution in [1.29, 1.82) is 0 Å². The Hall–Kier alpha value is -0.620. The van der Waals surface area contributed by atoms with Gasteiger partial charge in [0, 0.05) is 19.1 Å². The maximum Gasteiger partial charge on any atom is 0.243 e. The molecule has 130 valence electrons. The third-order valence-electron chi connectivity index (χ3n) is 4.98. The number of fused-ring (bicyclic) bond motifs is 1. The van der Waals surface area contributed by atoms with Gasteiger partial charge < -0.3 is 5.32 Å². The lowest BCUT2D eigenvalue weighted by atomic mass is 9.87. The molecule has 0 radical (unpaired) electrons. The Kier molecular flexibility index (Phi) is 5.46. The summed E-state index contributed by atoms with van der Waals surface area (Å²) in [5.74, 6) is 0.470. The lowest BCUT2D eigenvalue weighted by Gasteiger charge is -2.34. The Morgan fingerprint density at radius 3 is 2.39 bits per heavy atom. The normalized spacial score (nSPS) is 25.7. The number of hydrogen-bond acceptors (Lipinski definition) is 3. The largest absolute Gasteiger partial charge is 0.314 e. The molecule has 2 heterocycles. The lowest BCUT2D eigenvalue weighted by Crippen LogP contribution is -2.46. The van der Waals surface area contributed by atoms with Gasteiger partial charge in [0.2, 0.25) is 10.0 Å². The molecule has 0 aromatic heterocycles. The van der Waals surface area contributed by atoms with Gasteiger partial charge in [-0.2, -0.15) is 4.31 Å². The van der Waals surface area contributed by atoms with E-state index in [1.165, 1.54) is 0 Å². The maximum atomic E-state index is 12.8. The zero-order valence-electron chi connectivity index (χ0n) is 14.1. The first kappa shape index (κ1) is 18.7. The number of rotatable bonds is 2.